The molecule has 5 nitrogen and oxygen atoms in total. The minimum Gasteiger partial charge on any atom is -0.251 e. The quantitative estimate of drug-likeness (QED) is 0.731. The standard InChI is InChI=1S/C17H22N4OS/c1-4-8-14(2)13-15(3)11-12-23(22)17-18-19-20-21(17)16-9-6-5-7-10-16/h4-10,13-14H,11-12H2,1-3H3/b8-4+,15-13-/t14-,23?/m0/s1. The summed E-state index contributed by atoms with van der Waals surface area (Å²) < 4.78 is 14.1. The molecule has 2 rings (SSSR count). The highest BCUT2D eigenvalue weighted by Crippen LogP contribution is 2.13. The normalized spacial score (nSPS) is 15.0. The summed E-state index contributed by atoms with van der Waals surface area (Å²) in [5, 5.41) is 11.9. The number of para-hydroxylation sites is 1. The van der Waals surface area contributed by atoms with Gasteiger partial charge in [-0.25, -0.2) is 0 Å². The molecule has 0 N–H and O–H groups in total. The Bertz CT molecular complexity index is 706. The Hall–Kier alpha value is -2.08. The van der Waals surface area contributed by atoms with Crippen LogP contribution in [0.1, 0.15) is 27.2 Å². The second-order valence-corrected chi connectivity index (χ2v) is 6.87. The van der Waals surface area contributed by atoms with E-state index in [9.17, 15) is 4.21 Å². The van der Waals surface area contributed by atoms with E-state index in [0.717, 1.165) is 12.1 Å². The molecule has 1 heterocycles. The summed E-state index contributed by atoms with van der Waals surface area (Å²) >= 11 is 0. The minimum atomic E-state index is -1.24. The Morgan fingerprint density at radius 2 is 2.09 bits per heavy atom. The van der Waals surface area contributed by atoms with Crippen LogP contribution in [0.4, 0.5) is 0 Å². The molecule has 23 heavy (non-hydrogen) atoms. The van der Waals surface area contributed by atoms with Crippen molar-refractivity contribution in [1.82, 2.24) is 20.2 Å². The molecule has 0 fully saturated rings. The lowest BCUT2D eigenvalue weighted by Gasteiger charge is -2.06. The monoisotopic (exact) mass is 330 g/mol. The summed E-state index contributed by atoms with van der Waals surface area (Å²) in [7, 11) is -1.24. The predicted octanol–water partition coefficient (Wildman–Crippen LogP) is 3.32. The van der Waals surface area contributed by atoms with Gasteiger partial charge in [-0.15, -0.1) is 0 Å². The number of nitrogens with zero attached hydrogens (tertiary/aromatic N) is 4. The van der Waals surface area contributed by atoms with Gasteiger partial charge in [0.25, 0.3) is 0 Å². The molecule has 0 saturated heterocycles. The van der Waals surface area contributed by atoms with Crippen molar-refractivity contribution in [1.29, 1.82) is 0 Å². The van der Waals surface area contributed by atoms with Crippen LogP contribution in [-0.4, -0.2) is 30.2 Å². The fourth-order valence-electron chi connectivity index (χ4n) is 2.29. The van der Waals surface area contributed by atoms with Crippen molar-refractivity contribution in [3.63, 3.8) is 0 Å². The Kier molecular flexibility index (Phi) is 6.40. The van der Waals surface area contributed by atoms with Gasteiger partial charge in [0.2, 0.25) is 5.16 Å². The average molecular weight is 330 g/mol. The van der Waals surface area contributed by atoms with Gasteiger partial charge < -0.3 is 0 Å². The summed E-state index contributed by atoms with van der Waals surface area (Å²) in [5.74, 6) is 0.904. The molecule has 0 bridgehead atoms. The van der Waals surface area contributed by atoms with Crippen LogP contribution in [0.25, 0.3) is 5.69 Å². The van der Waals surface area contributed by atoms with Gasteiger partial charge in [-0.05, 0) is 48.7 Å². The van der Waals surface area contributed by atoms with Gasteiger partial charge in [0.05, 0.1) is 16.5 Å². The van der Waals surface area contributed by atoms with E-state index in [1.807, 2.05) is 43.3 Å². The fourth-order valence-corrected chi connectivity index (χ4v) is 3.44. The first kappa shape index (κ1) is 17.3. The molecule has 2 atom stereocenters. The number of hydrogen-bond acceptors (Lipinski definition) is 4. The van der Waals surface area contributed by atoms with E-state index in [1.54, 1.807) is 0 Å². The third-order valence-electron chi connectivity index (χ3n) is 3.37. The maximum absolute atomic E-state index is 12.5. The van der Waals surface area contributed by atoms with Crippen LogP contribution in [0.2, 0.25) is 0 Å². The molecule has 1 unspecified atom stereocenters. The van der Waals surface area contributed by atoms with Gasteiger partial charge in [-0.2, -0.15) is 4.68 Å². The average Bonchev–Trinajstić information content (AvgIpc) is 3.03. The van der Waals surface area contributed by atoms with Crippen molar-refractivity contribution in [3.05, 3.63) is 54.1 Å². The van der Waals surface area contributed by atoms with Crippen molar-refractivity contribution >= 4 is 10.8 Å². The van der Waals surface area contributed by atoms with Gasteiger partial charge in [0.1, 0.15) is 0 Å². The molecule has 0 radical (unpaired) electrons. The van der Waals surface area contributed by atoms with E-state index in [-0.39, 0.29) is 0 Å². The highest BCUT2D eigenvalue weighted by molar-refractivity contribution is 7.84. The van der Waals surface area contributed by atoms with Gasteiger partial charge in [0, 0.05) is 5.75 Å². The molecule has 0 amide bonds. The third-order valence-corrected chi connectivity index (χ3v) is 4.61. The van der Waals surface area contributed by atoms with Crippen molar-refractivity contribution in [2.45, 2.75) is 32.3 Å². The summed E-state index contributed by atoms with van der Waals surface area (Å²) in [6.07, 6.45) is 7.13. The molecule has 1 aromatic carbocycles. The number of benzene rings is 1. The molecular formula is C17H22N4OS. The van der Waals surface area contributed by atoms with Crippen LogP contribution in [0.5, 0.6) is 0 Å². The van der Waals surface area contributed by atoms with Gasteiger partial charge in [0.15, 0.2) is 0 Å². The van der Waals surface area contributed by atoms with E-state index >= 15 is 0 Å². The summed E-state index contributed by atoms with van der Waals surface area (Å²) in [4.78, 5) is 0. The zero-order valence-electron chi connectivity index (χ0n) is 13.7. The first-order valence-corrected chi connectivity index (χ1v) is 8.96. The predicted molar refractivity (Wildman–Crippen MR) is 92.8 cm³/mol. The Balaban J connectivity index is 2.04. The summed E-state index contributed by atoms with van der Waals surface area (Å²) in [6, 6.07) is 9.50. The lowest BCUT2D eigenvalue weighted by Crippen LogP contribution is -2.08. The molecule has 1 aromatic heterocycles. The van der Waals surface area contributed by atoms with Gasteiger partial charge in [-0.1, -0.05) is 54.0 Å². The number of hydrogen-bond donors (Lipinski definition) is 0. The van der Waals surface area contributed by atoms with E-state index < -0.39 is 10.8 Å². The third kappa shape index (κ3) is 4.96. The van der Waals surface area contributed by atoms with Crippen LogP contribution in [-0.2, 0) is 10.8 Å². The summed E-state index contributed by atoms with van der Waals surface area (Å²) in [6.45, 7) is 6.21. The van der Waals surface area contributed by atoms with Gasteiger partial charge >= 0.3 is 0 Å². The Morgan fingerprint density at radius 1 is 1.35 bits per heavy atom. The van der Waals surface area contributed by atoms with Crippen molar-refractivity contribution < 1.29 is 4.21 Å². The highest BCUT2D eigenvalue weighted by atomic mass is 32.2. The van der Waals surface area contributed by atoms with Crippen molar-refractivity contribution in [2.75, 3.05) is 5.75 Å². The van der Waals surface area contributed by atoms with E-state index in [0.29, 0.717) is 16.8 Å². The van der Waals surface area contributed by atoms with E-state index in [2.05, 4.69) is 41.5 Å². The van der Waals surface area contributed by atoms with Crippen LogP contribution >= 0.6 is 0 Å². The molecule has 0 aliphatic rings. The number of tetrazole rings is 1. The molecular weight excluding hydrogens is 308 g/mol. The smallest absolute Gasteiger partial charge is 0.244 e. The number of rotatable bonds is 7. The molecule has 6 heteroatoms. The SMILES string of the molecule is C/C=C/[C@H](C)/C=C(/C)CCS(=O)c1nnnn1-c1ccccc1. The number of aromatic nitrogens is 4. The van der Waals surface area contributed by atoms with Crippen molar-refractivity contribution in [3.8, 4) is 5.69 Å². The molecule has 0 spiro atoms. The lowest BCUT2D eigenvalue weighted by molar-refractivity contribution is 0.665. The molecule has 2 aromatic rings. The topological polar surface area (TPSA) is 60.7 Å². The number of allylic oxidation sites excluding steroid dienone is 4. The largest absolute Gasteiger partial charge is 0.251 e. The van der Waals surface area contributed by atoms with Crippen LogP contribution in [0.3, 0.4) is 0 Å². The minimum absolute atomic E-state index is 0.392. The zero-order valence-corrected chi connectivity index (χ0v) is 14.5. The molecule has 0 aliphatic carbocycles. The maximum Gasteiger partial charge on any atom is 0.244 e. The van der Waals surface area contributed by atoms with Crippen LogP contribution < -0.4 is 0 Å². The van der Waals surface area contributed by atoms with Crippen LogP contribution in [0.15, 0.2) is 59.3 Å². The fraction of sp³-hybridized carbons (Fsp3) is 0.353. The van der Waals surface area contributed by atoms with Crippen LogP contribution in [0, 0.1) is 5.92 Å². The van der Waals surface area contributed by atoms with E-state index in [1.165, 1.54) is 10.3 Å². The first-order valence-electron chi connectivity index (χ1n) is 7.64. The summed E-state index contributed by atoms with van der Waals surface area (Å²) in [5.41, 5.74) is 2.04. The second-order valence-electron chi connectivity index (χ2n) is 5.41. The maximum atomic E-state index is 12.5. The highest BCUT2D eigenvalue weighted by Gasteiger charge is 2.15. The van der Waals surface area contributed by atoms with Gasteiger partial charge in [-0.3, -0.25) is 4.21 Å². The van der Waals surface area contributed by atoms with E-state index in [4.69, 9.17) is 0 Å². The Morgan fingerprint density at radius 3 is 2.78 bits per heavy atom. The first-order chi connectivity index (χ1) is 11.1. The molecule has 122 valence electrons. The lowest BCUT2D eigenvalue weighted by atomic mass is 10.1. The zero-order chi connectivity index (χ0) is 16.7. The molecule has 0 aliphatic heterocycles. The van der Waals surface area contributed by atoms with Crippen molar-refractivity contribution in [2.24, 2.45) is 5.92 Å². The Labute approximate surface area is 139 Å². The molecule has 0 saturated carbocycles. The second kappa shape index (κ2) is 8.53.